The quantitative estimate of drug-likeness (QED) is 0.589. The van der Waals surface area contributed by atoms with Gasteiger partial charge in [0.05, 0.1) is 11.4 Å². The van der Waals surface area contributed by atoms with E-state index in [2.05, 4.69) is 25.2 Å². The van der Waals surface area contributed by atoms with Crippen LogP contribution in [0.2, 0.25) is 0 Å². The number of benzene rings is 1. The molecule has 1 fully saturated rings. The molecule has 1 saturated heterocycles. The second-order valence-corrected chi connectivity index (χ2v) is 7.90. The fraction of sp³-hybridized carbons (Fsp3) is 0.348. The smallest absolute Gasteiger partial charge is 0.367 e. The van der Waals surface area contributed by atoms with Crippen molar-refractivity contribution >= 4 is 17.3 Å². The van der Waals surface area contributed by atoms with Gasteiger partial charge in [0.2, 0.25) is 5.91 Å². The van der Waals surface area contributed by atoms with Crippen LogP contribution in [0.5, 0.6) is 0 Å². The van der Waals surface area contributed by atoms with Gasteiger partial charge in [0.25, 0.3) is 0 Å². The van der Waals surface area contributed by atoms with Crippen molar-refractivity contribution in [3.63, 3.8) is 0 Å². The van der Waals surface area contributed by atoms with Crippen LogP contribution in [0, 0.1) is 0 Å². The lowest BCUT2D eigenvalue weighted by molar-refractivity contribution is -0.141. The second-order valence-electron chi connectivity index (χ2n) is 7.90. The number of pyridine rings is 1. The maximum Gasteiger partial charge on any atom is 0.435 e. The molecule has 4 rings (SSSR count). The molecule has 7 nitrogen and oxygen atoms in total. The summed E-state index contributed by atoms with van der Waals surface area (Å²) in [7, 11) is 0. The van der Waals surface area contributed by atoms with Gasteiger partial charge in [-0.25, -0.2) is 0 Å². The molecule has 0 unspecified atom stereocenters. The van der Waals surface area contributed by atoms with Crippen molar-refractivity contribution in [1.82, 2.24) is 19.7 Å². The highest BCUT2D eigenvalue weighted by Gasteiger charge is 2.33. The lowest BCUT2D eigenvalue weighted by atomic mass is 10.1. The summed E-state index contributed by atoms with van der Waals surface area (Å²) in [5.41, 5.74) is 1.78. The summed E-state index contributed by atoms with van der Waals surface area (Å²) in [5, 5.41) is 6.25. The molecule has 3 heterocycles. The molecule has 0 radical (unpaired) electrons. The second kappa shape index (κ2) is 10.0. The lowest BCUT2D eigenvalue weighted by Gasteiger charge is -2.37. The number of rotatable bonds is 7. The van der Waals surface area contributed by atoms with Crippen molar-refractivity contribution in [3.8, 4) is 0 Å². The topological polar surface area (TPSA) is 66.3 Å². The Balaban J connectivity index is 1.32. The molecule has 174 valence electrons. The predicted octanol–water partition coefficient (Wildman–Crippen LogP) is 3.30. The number of hydrogen-bond donors (Lipinski definition) is 1. The van der Waals surface area contributed by atoms with Crippen LogP contribution in [0.25, 0.3) is 0 Å². The first kappa shape index (κ1) is 22.8. The van der Waals surface area contributed by atoms with E-state index < -0.39 is 17.8 Å². The van der Waals surface area contributed by atoms with Crippen molar-refractivity contribution in [1.29, 1.82) is 0 Å². The summed E-state index contributed by atoms with van der Waals surface area (Å²) in [5.74, 6) is -0.435. The SMILES string of the molecule is O=C(Cn1ccc(C(F)(F)F)n1)Nc1ccccc1N1CCN(CCc2ccncc2)CC1. The third kappa shape index (κ3) is 6.10. The highest BCUT2D eigenvalue weighted by Crippen LogP contribution is 2.28. The lowest BCUT2D eigenvalue weighted by Crippen LogP contribution is -2.47. The average Bonchev–Trinajstić information content (AvgIpc) is 3.28. The molecular weight excluding hydrogens is 433 g/mol. The van der Waals surface area contributed by atoms with Gasteiger partial charge >= 0.3 is 6.18 Å². The van der Waals surface area contributed by atoms with Gasteiger partial charge in [-0.3, -0.25) is 19.4 Å². The molecule has 1 aliphatic heterocycles. The van der Waals surface area contributed by atoms with E-state index >= 15 is 0 Å². The summed E-state index contributed by atoms with van der Waals surface area (Å²) in [4.78, 5) is 21.1. The molecule has 1 amide bonds. The van der Waals surface area contributed by atoms with E-state index in [-0.39, 0.29) is 6.54 Å². The zero-order valence-corrected chi connectivity index (χ0v) is 18.0. The van der Waals surface area contributed by atoms with Crippen LogP contribution in [0.1, 0.15) is 11.3 Å². The Morgan fingerprint density at radius 3 is 2.42 bits per heavy atom. The molecule has 1 aromatic carbocycles. The van der Waals surface area contributed by atoms with Crippen LogP contribution < -0.4 is 10.2 Å². The number of para-hydroxylation sites is 2. The summed E-state index contributed by atoms with van der Waals surface area (Å²) in [6.45, 7) is 4.11. The van der Waals surface area contributed by atoms with E-state index in [1.807, 2.05) is 30.3 Å². The van der Waals surface area contributed by atoms with Gasteiger partial charge in [0, 0.05) is 51.3 Å². The van der Waals surface area contributed by atoms with Crippen molar-refractivity contribution in [2.75, 3.05) is 42.9 Å². The summed E-state index contributed by atoms with van der Waals surface area (Å²) in [6, 6.07) is 12.4. The largest absolute Gasteiger partial charge is 0.435 e. The Morgan fingerprint density at radius 1 is 1.00 bits per heavy atom. The molecule has 1 N–H and O–H groups in total. The van der Waals surface area contributed by atoms with Crippen LogP contribution in [-0.4, -0.2) is 58.3 Å². The van der Waals surface area contributed by atoms with E-state index in [4.69, 9.17) is 0 Å². The van der Waals surface area contributed by atoms with Gasteiger partial charge in [0.1, 0.15) is 6.54 Å². The van der Waals surface area contributed by atoms with E-state index in [0.717, 1.165) is 61.8 Å². The third-order valence-electron chi connectivity index (χ3n) is 5.59. The number of carbonyl (C=O) groups is 1. The Hall–Kier alpha value is -3.40. The van der Waals surface area contributed by atoms with Gasteiger partial charge in [-0.15, -0.1) is 0 Å². The Bertz CT molecular complexity index is 1060. The van der Waals surface area contributed by atoms with E-state index in [1.54, 1.807) is 18.5 Å². The van der Waals surface area contributed by atoms with E-state index in [1.165, 1.54) is 5.56 Å². The normalized spacial score (nSPS) is 14.9. The fourth-order valence-corrected chi connectivity index (χ4v) is 3.84. The number of nitrogens with zero attached hydrogens (tertiary/aromatic N) is 5. The van der Waals surface area contributed by atoms with Crippen LogP contribution in [-0.2, 0) is 23.9 Å². The zero-order valence-electron chi connectivity index (χ0n) is 18.0. The molecule has 3 aromatic rings. The zero-order chi connectivity index (χ0) is 23.3. The number of halogens is 3. The van der Waals surface area contributed by atoms with Crippen molar-refractivity contribution in [2.45, 2.75) is 19.1 Å². The Labute approximate surface area is 189 Å². The van der Waals surface area contributed by atoms with Crippen molar-refractivity contribution in [3.05, 3.63) is 72.3 Å². The number of amides is 1. The van der Waals surface area contributed by atoms with E-state index in [9.17, 15) is 18.0 Å². The molecule has 0 bridgehead atoms. The summed E-state index contributed by atoms with van der Waals surface area (Å²) >= 11 is 0. The average molecular weight is 458 g/mol. The first-order chi connectivity index (χ1) is 15.9. The minimum absolute atomic E-state index is 0.298. The first-order valence-electron chi connectivity index (χ1n) is 10.7. The molecule has 1 aliphatic rings. The number of hydrogen-bond acceptors (Lipinski definition) is 5. The highest BCUT2D eigenvalue weighted by atomic mass is 19.4. The molecule has 0 spiro atoms. The van der Waals surface area contributed by atoms with Gasteiger partial charge in [-0.2, -0.15) is 18.3 Å². The molecule has 2 aromatic heterocycles. The maximum atomic E-state index is 12.7. The van der Waals surface area contributed by atoms with E-state index in [0.29, 0.717) is 5.69 Å². The summed E-state index contributed by atoms with van der Waals surface area (Å²) in [6.07, 6.45) is 1.20. The van der Waals surface area contributed by atoms with Crippen LogP contribution in [0.15, 0.2) is 61.1 Å². The van der Waals surface area contributed by atoms with Gasteiger partial charge < -0.3 is 10.2 Å². The molecule has 0 saturated carbocycles. The minimum Gasteiger partial charge on any atom is -0.367 e. The fourth-order valence-electron chi connectivity index (χ4n) is 3.84. The highest BCUT2D eigenvalue weighted by molar-refractivity contribution is 5.94. The molecule has 0 atom stereocenters. The van der Waals surface area contributed by atoms with Crippen molar-refractivity contribution < 1.29 is 18.0 Å². The van der Waals surface area contributed by atoms with Crippen LogP contribution in [0.3, 0.4) is 0 Å². The Morgan fingerprint density at radius 2 is 1.73 bits per heavy atom. The van der Waals surface area contributed by atoms with Gasteiger partial charge in [-0.1, -0.05) is 12.1 Å². The number of nitrogens with one attached hydrogen (secondary N) is 1. The number of alkyl halides is 3. The number of aromatic nitrogens is 3. The molecule has 33 heavy (non-hydrogen) atoms. The standard InChI is InChI=1S/C23H25F3N6O/c24-23(25,26)21-8-12-32(29-21)17-22(33)28-19-3-1-2-4-20(19)31-15-13-30(14-16-31)11-7-18-5-9-27-10-6-18/h1-6,8-10,12H,7,11,13-17H2,(H,28,33). The monoisotopic (exact) mass is 458 g/mol. The van der Waals surface area contributed by atoms with Crippen LogP contribution >= 0.6 is 0 Å². The molecular formula is C23H25F3N6O. The predicted molar refractivity (Wildman–Crippen MR) is 119 cm³/mol. The Kier molecular flexibility index (Phi) is 6.93. The number of carbonyl (C=O) groups excluding carboxylic acids is 1. The van der Waals surface area contributed by atoms with Crippen molar-refractivity contribution in [2.24, 2.45) is 0 Å². The minimum atomic E-state index is -4.53. The number of piperazine rings is 1. The molecule has 10 heteroatoms. The van der Waals surface area contributed by atoms with Gasteiger partial charge in [-0.05, 0) is 42.3 Å². The number of anilines is 2. The van der Waals surface area contributed by atoms with Gasteiger partial charge in [0.15, 0.2) is 5.69 Å². The molecule has 0 aliphatic carbocycles. The summed E-state index contributed by atoms with van der Waals surface area (Å²) < 4.78 is 39.1. The first-order valence-corrected chi connectivity index (χ1v) is 10.7. The third-order valence-corrected chi connectivity index (χ3v) is 5.59. The van der Waals surface area contributed by atoms with Crippen LogP contribution in [0.4, 0.5) is 24.5 Å². The maximum absolute atomic E-state index is 12.7.